The van der Waals surface area contributed by atoms with E-state index in [1.54, 1.807) is 0 Å². The summed E-state index contributed by atoms with van der Waals surface area (Å²) in [6.45, 7) is 11.7. The highest BCUT2D eigenvalue weighted by Crippen LogP contribution is 2.51. The predicted octanol–water partition coefficient (Wildman–Crippen LogP) is 10.1. The zero-order valence-electron chi connectivity index (χ0n) is 33.0. The van der Waals surface area contributed by atoms with Crippen molar-refractivity contribution in [3.63, 3.8) is 0 Å². The van der Waals surface area contributed by atoms with Crippen LogP contribution in [0.5, 0.6) is 0 Å². The van der Waals surface area contributed by atoms with Crippen LogP contribution >= 0.6 is 31.9 Å². The number of halogens is 2. The number of hydrogen-bond donors (Lipinski definition) is 0. The van der Waals surface area contributed by atoms with Gasteiger partial charge < -0.3 is 18.9 Å². The standard InChI is InChI=1S/C25H26BrN3O.C22H22BrN3O/c1-24(2)11-14-28(15-12-24)22(30)17-25(18-7-9-19(26)10-8-18)21-6-4-3-5-20(21)23-27-13-16-29(23)25;1-3-25(4-2)20(27)15-22(16-9-11-17(23)12-10-16)19-8-6-5-7-18(19)21-24-13-14-26(21)22/h3-10,13,16H,11-12,14-15,17H2,1-2H3;5-14H,3-4,15H2,1-2H3. The number of piperidine rings is 1. The molecule has 0 saturated carbocycles. The van der Waals surface area contributed by atoms with E-state index in [0.29, 0.717) is 31.3 Å². The third-order valence-electron chi connectivity index (χ3n) is 12.4. The van der Waals surface area contributed by atoms with Gasteiger partial charge in [0.25, 0.3) is 0 Å². The molecule has 0 N–H and O–H groups in total. The van der Waals surface area contributed by atoms with E-state index in [-0.39, 0.29) is 11.8 Å². The molecule has 3 aliphatic rings. The molecule has 292 valence electrons. The number of imidazole rings is 2. The minimum absolute atomic E-state index is 0.152. The molecule has 4 aromatic carbocycles. The summed E-state index contributed by atoms with van der Waals surface area (Å²) in [5.41, 5.74) is 5.86. The fourth-order valence-corrected chi connectivity index (χ4v) is 9.69. The van der Waals surface area contributed by atoms with Crippen LogP contribution in [0.25, 0.3) is 22.8 Å². The molecule has 3 aliphatic heterocycles. The van der Waals surface area contributed by atoms with E-state index >= 15 is 0 Å². The second kappa shape index (κ2) is 15.5. The summed E-state index contributed by atoms with van der Waals surface area (Å²) in [5, 5.41) is 0. The molecule has 0 bridgehead atoms. The molecular weight excluding hydrogens is 840 g/mol. The van der Waals surface area contributed by atoms with Crippen molar-refractivity contribution in [1.82, 2.24) is 28.9 Å². The number of rotatable bonds is 8. The molecule has 57 heavy (non-hydrogen) atoms. The van der Waals surface area contributed by atoms with E-state index < -0.39 is 11.1 Å². The number of carbonyl (C=O) groups is 2. The molecule has 6 aromatic rings. The van der Waals surface area contributed by atoms with Gasteiger partial charge in [0, 0.05) is 71.0 Å². The number of likely N-dealkylation sites (tertiary alicyclic amines) is 1. The number of nitrogens with zero attached hydrogens (tertiary/aromatic N) is 6. The lowest BCUT2D eigenvalue weighted by Crippen LogP contribution is -2.45. The minimum atomic E-state index is -0.581. The van der Waals surface area contributed by atoms with E-state index in [1.165, 1.54) is 0 Å². The van der Waals surface area contributed by atoms with Gasteiger partial charge in [0.05, 0.1) is 12.8 Å². The molecule has 1 fully saturated rings. The van der Waals surface area contributed by atoms with Crippen LogP contribution in [0.3, 0.4) is 0 Å². The zero-order valence-corrected chi connectivity index (χ0v) is 36.1. The Kier molecular flexibility index (Phi) is 10.6. The van der Waals surface area contributed by atoms with Crippen LogP contribution < -0.4 is 0 Å². The van der Waals surface area contributed by atoms with Gasteiger partial charge in [0.2, 0.25) is 11.8 Å². The molecule has 1 saturated heterocycles. The van der Waals surface area contributed by atoms with Gasteiger partial charge in [-0.3, -0.25) is 9.59 Å². The highest BCUT2D eigenvalue weighted by atomic mass is 79.9. The molecule has 9 rings (SSSR count). The highest BCUT2D eigenvalue weighted by molar-refractivity contribution is 9.10. The molecule has 0 aliphatic carbocycles. The van der Waals surface area contributed by atoms with Gasteiger partial charge in [0.1, 0.15) is 22.7 Å². The second-order valence-electron chi connectivity index (χ2n) is 16.0. The molecule has 8 nitrogen and oxygen atoms in total. The average Bonchev–Trinajstić information content (AvgIpc) is 4.00. The van der Waals surface area contributed by atoms with Crippen molar-refractivity contribution in [2.75, 3.05) is 26.2 Å². The fraction of sp³-hybridized carbons (Fsp3) is 0.319. The molecular formula is C47H48Br2N6O2. The maximum atomic E-state index is 13.6. The summed E-state index contributed by atoms with van der Waals surface area (Å²) in [6, 6.07) is 33.3. The molecule has 2 atom stereocenters. The smallest absolute Gasteiger partial charge is 0.225 e. The minimum Gasteiger partial charge on any atom is -0.343 e. The Morgan fingerprint density at radius 2 is 1.09 bits per heavy atom. The zero-order chi connectivity index (χ0) is 40.0. The van der Waals surface area contributed by atoms with E-state index in [1.807, 2.05) is 73.9 Å². The summed E-state index contributed by atoms with van der Waals surface area (Å²) >= 11 is 7.09. The van der Waals surface area contributed by atoms with Crippen molar-refractivity contribution in [2.24, 2.45) is 5.41 Å². The van der Waals surface area contributed by atoms with Crippen LogP contribution in [-0.2, 0) is 20.7 Å². The first-order valence-corrected chi connectivity index (χ1v) is 21.5. The van der Waals surface area contributed by atoms with E-state index in [0.717, 1.165) is 79.9 Å². The van der Waals surface area contributed by atoms with Crippen LogP contribution in [0.2, 0.25) is 0 Å². The molecule has 10 heteroatoms. The maximum Gasteiger partial charge on any atom is 0.225 e. The van der Waals surface area contributed by atoms with Crippen molar-refractivity contribution in [3.8, 4) is 22.8 Å². The van der Waals surface area contributed by atoms with Crippen molar-refractivity contribution in [1.29, 1.82) is 0 Å². The summed E-state index contributed by atoms with van der Waals surface area (Å²) in [4.78, 5) is 40.1. The van der Waals surface area contributed by atoms with Gasteiger partial charge in [-0.05, 0) is 78.6 Å². The van der Waals surface area contributed by atoms with E-state index in [4.69, 9.17) is 0 Å². The number of amides is 2. The Morgan fingerprint density at radius 1 is 0.649 bits per heavy atom. The number of carbonyl (C=O) groups excluding carboxylic acids is 2. The van der Waals surface area contributed by atoms with Crippen LogP contribution in [0.15, 0.2) is 131 Å². The Bertz CT molecular complexity index is 2400. The van der Waals surface area contributed by atoms with Gasteiger partial charge in [-0.15, -0.1) is 0 Å². The van der Waals surface area contributed by atoms with Crippen LogP contribution in [0.4, 0.5) is 0 Å². The Morgan fingerprint density at radius 3 is 1.54 bits per heavy atom. The summed E-state index contributed by atoms with van der Waals surface area (Å²) in [6.07, 6.45) is 10.5. The Hall–Kier alpha value is -4.80. The van der Waals surface area contributed by atoms with Gasteiger partial charge >= 0.3 is 0 Å². The Balaban J connectivity index is 0.000000161. The first kappa shape index (κ1) is 39.0. The third kappa shape index (κ3) is 6.78. The van der Waals surface area contributed by atoms with Crippen LogP contribution in [-0.4, -0.2) is 66.9 Å². The SMILES string of the molecule is CC1(C)CCN(C(=O)CC2(c3ccc(Br)cc3)c3ccccc3-c3nccn32)CC1.CCN(CC)C(=O)CC1(c2ccc(Br)cc2)c2ccccc2-c2nccn21. The van der Waals surface area contributed by atoms with Crippen molar-refractivity contribution in [2.45, 2.75) is 64.5 Å². The number of benzene rings is 4. The largest absolute Gasteiger partial charge is 0.343 e. The van der Waals surface area contributed by atoms with Gasteiger partial charge in [-0.2, -0.15) is 0 Å². The first-order chi connectivity index (χ1) is 27.5. The lowest BCUT2D eigenvalue weighted by atomic mass is 9.79. The highest BCUT2D eigenvalue weighted by Gasteiger charge is 2.48. The topological polar surface area (TPSA) is 76.3 Å². The van der Waals surface area contributed by atoms with E-state index in [2.05, 4.69) is 136 Å². The molecule has 2 aromatic heterocycles. The first-order valence-electron chi connectivity index (χ1n) is 19.9. The van der Waals surface area contributed by atoms with E-state index in [9.17, 15) is 9.59 Å². The second-order valence-corrected chi connectivity index (χ2v) is 17.9. The fourth-order valence-electron chi connectivity index (χ4n) is 9.16. The molecule has 2 amide bonds. The predicted molar refractivity (Wildman–Crippen MR) is 233 cm³/mol. The average molecular weight is 889 g/mol. The molecule has 2 unspecified atom stereocenters. The van der Waals surface area contributed by atoms with Gasteiger partial charge in [-0.1, -0.05) is 119 Å². The monoisotopic (exact) mass is 886 g/mol. The third-order valence-corrected chi connectivity index (χ3v) is 13.4. The molecule has 0 spiro atoms. The van der Waals surface area contributed by atoms with Crippen LogP contribution in [0, 0.1) is 5.41 Å². The van der Waals surface area contributed by atoms with Gasteiger partial charge in [0.15, 0.2) is 0 Å². The quantitative estimate of drug-likeness (QED) is 0.153. The van der Waals surface area contributed by atoms with Gasteiger partial charge in [-0.25, -0.2) is 9.97 Å². The summed E-state index contributed by atoms with van der Waals surface area (Å²) in [5.74, 6) is 2.21. The molecule has 5 heterocycles. The van der Waals surface area contributed by atoms with Crippen molar-refractivity contribution in [3.05, 3.63) is 153 Å². The number of hydrogen-bond acceptors (Lipinski definition) is 4. The normalized spacial score (nSPS) is 19.8. The lowest BCUT2D eigenvalue weighted by molar-refractivity contribution is -0.134. The van der Waals surface area contributed by atoms with Crippen molar-refractivity contribution >= 4 is 43.7 Å². The molecule has 0 radical (unpaired) electrons. The number of fused-ring (bicyclic) bond motifs is 6. The van der Waals surface area contributed by atoms with Crippen LogP contribution in [0.1, 0.15) is 75.6 Å². The summed E-state index contributed by atoms with van der Waals surface area (Å²) < 4.78 is 6.42. The lowest BCUT2D eigenvalue weighted by Gasteiger charge is -2.40. The van der Waals surface area contributed by atoms with Crippen molar-refractivity contribution < 1.29 is 9.59 Å². The summed E-state index contributed by atoms with van der Waals surface area (Å²) in [7, 11) is 0. The Labute approximate surface area is 352 Å². The number of aromatic nitrogens is 4. The maximum absolute atomic E-state index is 13.6.